The molecule has 0 atom stereocenters. The Morgan fingerprint density at radius 2 is 2.00 bits per heavy atom. The van der Waals surface area contributed by atoms with Crippen molar-refractivity contribution in [1.82, 2.24) is 0 Å². The van der Waals surface area contributed by atoms with Gasteiger partial charge in [0.1, 0.15) is 5.54 Å². The second-order valence-electron chi connectivity index (χ2n) is 4.60. The van der Waals surface area contributed by atoms with Crippen molar-refractivity contribution in [2.24, 2.45) is 4.99 Å². The molecule has 106 valence electrons. The predicted octanol–water partition coefficient (Wildman–Crippen LogP) is 2.99. The summed E-state index contributed by atoms with van der Waals surface area (Å²) in [5.41, 5.74) is 0.474. The number of hydrogen-bond acceptors (Lipinski definition) is 5. The first-order valence-electron chi connectivity index (χ1n) is 6.12. The minimum absolute atomic E-state index is 0.355. The van der Waals surface area contributed by atoms with Gasteiger partial charge in [0, 0.05) is 10.0 Å². The Hall–Kier alpha value is -1.65. The van der Waals surface area contributed by atoms with Crippen molar-refractivity contribution in [2.75, 3.05) is 14.2 Å². The summed E-state index contributed by atoms with van der Waals surface area (Å²) < 4.78 is 11.4. The van der Waals surface area contributed by atoms with Crippen LogP contribution in [0.15, 0.2) is 15.5 Å². The molecule has 1 aromatic rings. The van der Waals surface area contributed by atoms with Crippen LogP contribution < -0.4 is 9.47 Å². The monoisotopic (exact) mass is 339 g/mol. The SMILES string of the molecule is COc1c(C=O)cc(Br)c(C2(N=C=O)CCC2)c1OC. The van der Waals surface area contributed by atoms with Gasteiger partial charge in [0.05, 0.1) is 19.8 Å². The topological polar surface area (TPSA) is 65.0 Å². The van der Waals surface area contributed by atoms with E-state index in [9.17, 15) is 9.59 Å². The Kier molecular flexibility index (Phi) is 4.26. The van der Waals surface area contributed by atoms with Crippen molar-refractivity contribution in [3.05, 3.63) is 21.7 Å². The molecule has 0 unspecified atom stereocenters. The van der Waals surface area contributed by atoms with E-state index in [4.69, 9.17) is 9.47 Å². The van der Waals surface area contributed by atoms with Crippen LogP contribution >= 0.6 is 15.9 Å². The number of isocyanates is 1. The zero-order valence-corrected chi connectivity index (χ0v) is 12.8. The number of rotatable bonds is 5. The van der Waals surface area contributed by atoms with Crippen LogP contribution in [0.4, 0.5) is 0 Å². The number of ether oxygens (including phenoxy) is 2. The second kappa shape index (κ2) is 5.77. The van der Waals surface area contributed by atoms with Gasteiger partial charge in [0.2, 0.25) is 6.08 Å². The van der Waals surface area contributed by atoms with Gasteiger partial charge >= 0.3 is 0 Å². The molecule has 0 saturated heterocycles. The summed E-state index contributed by atoms with van der Waals surface area (Å²) in [6.07, 6.45) is 4.79. The summed E-state index contributed by atoms with van der Waals surface area (Å²) in [6, 6.07) is 1.66. The van der Waals surface area contributed by atoms with Gasteiger partial charge in [0.25, 0.3) is 0 Å². The lowest BCUT2D eigenvalue weighted by atomic mass is 9.71. The number of nitrogens with zero attached hydrogens (tertiary/aromatic N) is 1. The van der Waals surface area contributed by atoms with Crippen LogP contribution in [-0.4, -0.2) is 26.6 Å². The van der Waals surface area contributed by atoms with Gasteiger partial charge in [-0.2, -0.15) is 4.99 Å². The van der Waals surface area contributed by atoms with Crippen molar-refractivity contribution < 1.29 is 19.1 Å². The lowest BCUT2D eigenvalue weighted by Crippen LogP contribution is -2.33. The van der Waals surface area contributed by atoms with Crippen LogP contribution in [0.5, 0.6) is 11.5 Å². The molecule has 20 heavy (non-hydrogen) atoms. The molecular weight excluding hydrogens is 326 g/mol. The van der Waals surface area contributed by atoms with E-state index >= 15 is 0 Å². The number of aliphatic imine (C=N–C) groups is 1. The Bertz CT molecular complexity index is 589. The number of hydrogen-bond donors (Lipinski definition) is 0. The van der Waals surface area contributed by atoms with Gasteiger partial charge in [0.15, 0.2) is 17.8 Å². The third-order valence-electron chi connectivity index (χ3n) is 3.66. The first-order chi connectivity index (χ1) is 9.63. The minimum atomic E-state index is -0.638. The normalized spacial score (nSPS) is 15.8. The molecule has 1 fully saturated rings. The van der Waals surface area contributed by atoms with Crippen molar-refractivity contribution in [2.45, 2.75) is 24.8 Å². The third-order valence-corrected chi connectivity index (χ3v) is 4.28. The lowest BCUT2D eigenvalue weighted by Gasteiger charge is -2.38. The van der Waals surface area contributed by atoms with E-state index in [1.54, 1.807) is 12.1 Å². The second-order valence-corrected chi connectivity index (χ2v) is 5.45. The molecule has 0 aliphatic heterocycles. The Labute approximate surface area is 125 Å². The number of aldehydes is 1. The van der Waals surface area contributed by atoms with Crippen LogP contribution in [0.2, 0.25) is 0 Å². The van der Waals surface area contributed by atoms with Crippen molar-refractivity contribution in [3.8, 4) is 11.5 Å². The molecule has 0 radical (unpaired) electrons. The smallest absolute Gasteiger partial charge is 0.235 e. The van der Waals surface area contributed by atoms with Crippen molar-refractivity contribution in [1.29, 1.82) is 0 Å². The van der Waals surface area contributed by atoms with E-state index in [2.05, 4.69) is 20.9 Å². The maximum Gasteiger partial charge on any atom is 0.235 e. The molecule has 1 aromatic carbocycles. The van der Waals surface area contributed by atoms with Gasteiger partial charge < -0.3 is 9.47 Å². The molecule has 5 nitrogen and oxygen atoms in total. The molecule has 1 aliphatic carbocycles. The number of methoxy groups -OCH3 is 2. The highest BCUT2D eigenvalue weighted by Gasteiger charge is 2.44. The summed E-state index contributed by atoms with van der Waals surface area (Å²) >= 11 is 3.44. The molecule has 0 amide bonds. The van der Waals surface area contributed by atoms with Crippen LogP contribution in [0.25, 0.3) is 0 Å². The number of benzene rings is 1. The van der Waals surface area contributed by atoms with Crippen molar-refractivity contribution >= 4 is 28.3 Å². The van der Waals surface area contributed by atoms with E-state index in [0.717, 1.165) is 24.8 Å². The molecule has 6 heteroatoms. The number of carbonyl (C=O) groups excluding carboxylic acids is 2. The average Bonchev–Trinajstić information content (AvgIpc) is 2.42. The summed E-state index contributed by atoms with van der Waals surface area (Å²) in [6.45, 7) is 0. The van der Waals surface area contributed by atoms with Gasteiger partial charge in [-0.25, -0.2) is 4.79 Å². The minimum Gasteiger partial charge on any atom is -0.492 e. The zero-order valence-electron chi connectivity index (χ0n) is 11.2. The molecule has 0 aromatic heterocycles. The summed E-state index contributed by atoms with van der Waals surface area (Å²) in [7, 11) is 2.97. The lowest BCUT2D eigenvalue weighted by molar-refractivity contribution is 0.111. The number of halogens is 1. The van der Waals surface area contributed by atoms with E-state index in [-0.39, 0.29) is 0 Å². The van der Waals surface area contributed by atoms with E-state index in [1.807, 2.05) is 0 Å². The fourth-order valence-electron chi connectivity index (χ4n) is 2.57. The summed E-state index contributed by atoms with van der Waals surface area (Å²) in [5.74, 6) is 0.788. The maximum absolute atomic E-state index is 11.1. The molecule has 1 aliphatic rings. The Morgan fingerprint density at radius 1 is 1.35 bits per heavy atom. The van der Waals surface area contributed by atoms with Crippen LogP contribution in [0.3, 0.4) is 0 Å². The third kappa shape index (κ3) is 2.15. The van der Waals surface area contributed by atoms with E-state index < -0.39 is 5.54 Å². The summed E-state index contributed by atoms with van der Waals surface area (Å²) in [4.78, 5) is 25.8. The van der Waals surface area contributed by atoms with Crippen molar-refractivity contribution in [3.63, 3.8) is 0 Å². The first kappa shape index (κ1) is 14.8. The molecule has 0 spiro atoms. The van der Waals surface area contributed by atoms with Gasteiger partial charge in [-0.15, -0.1) is 0 Å². The molecule has 0 bridgehead atoms. The maximum atomic E-state index is 11.1. The highest BCUT2D eigenvalue weighted by atomic mass is 79.9. The molecule has 2 rings (SSSR count). The van der Waals surface area contributed by atoms with Gasteiger partial charge in [-0.05, 0) is 25.3 Å². The standard InChI is InChI=1S/C14H14BrNO4/c1-19-12-9(7-17)6-10(15)11(13(12)20-2)14(16-8-18)4-3-5-14/h6-7H,3-5H2,1-2H3. The van der Waals surface area contributed by atoms with E-state index in [1.165, 1.54) is 14.2 Å². The van der Waals surface area contributed by atoms with Crippen LogP contribution in [0.1, 0.15) is 35.2 Å². The Balaban J connectivity index is 2.75. The van der Waals surface area contributed by atoms with Crippen LogP contribution in [-0.2, 0) is 10.3 Å². The predicted molar refractivity (Wildman–Crippen MR) is 76.3 cm³/mol. The van der Waals surface area contributed by atoms with E-state index in [0.29, 0.717) is 27.8 Å². The largest absolute Gasteiger partial charge is 0.492 e. The summed E-state index contributed by atoms with van der Waals surface area (Å²) in [5, 5.41) is 0. The quantitative estimate of drug-likeness (QED) is 0.470. The molecule has 0 N–H and O–H groups in total. The van der Waals surface area contributed by atoms with Gasteiger partial charge in [-0.3, -0.25) is 4.79 Å². The fraction of sp³-hybridized carbons (Fsp3) is 0.429. The first-order valence-corrected chi connectivity index (χ1v) is 6.92. The average molecular weight is 340 g/mol. The zero-order chi connectivity index (χ0) is 14.8. The van der Waals surface area contributed by atoms with Gasteiger partial charge in [-0.1, -0.05) is 15.9 Å². The highest BCUT2D eigenvalue weighted by molar-refractivity contribution is 9.10. The molecule has 0 heterocycles. The molecular formula is C14H14BrNO4. The van der Waals surface area contributed by atoms with Crippen LogP contribution in [0, 0.1) is 0 Å². The Morgan fingerprint density at radius 3 is 2.40 bits per heavy atom. The molecule has 1 saturated carbocycles. The highest BCUT2D eigenvalue weighted by Crippen LogP contribution is 2.53. The fourth-order valence-corrected chi connectivity index (χ4v) is 3.37. The number of carbonyl (C=O) groups is 1.